The molecule has 0 amide bonds. The molecule has 0 spiro atoms. The van der Waals surface area contributed by atoms with Crippen molar-refractivity contribution in [2.45, 2.75) is 185 Å². The van der Waals surface area contributed by atoms with E-state index in [-0.39, 0.29) is 46.7 Å². The summed E-state index contributed by atoms with van der Waals surface area (Å²) in [6.07, 6.45) is 11.9. The standard InChI is InChI=1S/C9H10Cl2.C9H10F2.2C9H11F.C9H13N.C8H10FN.C8H11N.C7H8Cl2N2.C7H10S/c2*1-6(2)9-7(10)4-3-5-8(9)11;1-7(2)8-4-3-5-9(10)6-8;1-7(2)8-5-3-4-6-9(8)10;1-7(2)9-4-8(3)5-10-6-9;1-6(2)7-5-10-4-3-8(7)9;1-7(2)8-3-5-9-6-4-8;1-4(2)5-6(8)10-3-11-7(5)9;1-6(2)7-4-3-5-8-7/h2*3-6H,1-2H3;2*3-7H,1-2H3;4-7H,1-3H3;3-6H,1-2H3;3-7H,1-2H3;3-4H,1-2H3;3-6H,1-2H3. The molecule has 5 aromatic heterocycles. The lowest BCUT2D eigenvalue weighted by atomic mass is 10.0. The molecule has 15 heteroatoms. The SMILES string of the molecule is CC(C)c1c(Cl)cccc1Cl.CC(C)c1c(Cl)ncnc1Cl.CC(C)c1c(F)cccc1F.CC(C)c1cccc(F)c1.CC(C)c1ccccc1F.CC(C)c1cccs1.CC(C)c1ccncc1.CC(C)c1cnccc1F.Cc1cncc(C(C)C)c1. The Labute approximate surface area is 560 Å². The van der Waals surface area contributed by atoms with E-state index in [0.717, 1.165) is 32.3 Å². The van der Waals surface area contributed by atoms with Gasteiger partial charge in [0.2, 0.25) is 0 Å². The van der Waals surface area contributed by atoms with E-state index in [1.165, 1.54) is 70.5 Å². The lowest BCUT2D eigenvalue weighted by molar-refractivity contribution is 0.542. The Kier molecular flexibility index (Phi) is 40.4. The number of rotatable bonds is 9. The van der Waals surface area contributed by atoms with Crippen molar-refractivity contribution in [3.63, 3.8) is 0 Å². The van der Waals surface area contributed by atoms with E-state index in [2.05, 4.69) is 125 Å². The Morgan fingerprint density at radius 3 is 1.17 bits per heavy atom. The molecule has 0 radical (unpaired) electrons. The number of hydrogen-bond donors (Lipinski definition) is 0. The Morgan fingerprint density at radius 2 is 0.833 bits per heavy atom. The van der Waals surface area contributed by atoms with E-state index < -0.39 is 11.6 Å². The van der Waals surface area contributed by atoms with Gasteiger partial charge in [-0.1, -0.05) is 226 Å². The normalized spacial score (nSPS) is 10.5. The first-order valence-electron chi connectivity index (χ1n) is 30.3. The third-order valence-corrected chi connectivity index (χ3v) is 15.5. The Balaban J connectivity index is 0.000000507. The Hall–Kier alpha value is -6.08. The highest BCUT2D eigenvalue weighted by atomic mass is 35.5. The smallest absolute Gasteiger partial charge is 0.137 e. The second kappa shape index (κ2) is 44.4. The summed E-state index contributed by atoms with van der Waals surface area (Å²) in [6, 6.07) is 35.0. The van der Waals surface area contributed by atoms with Gasteiger partial charge in [0.1, 0.15) is 45.7 Å². The molecular weight excluding hydrogens is 1240 g/mol. The lowest BCUT2D eigenvalue weighted by Gasteiger charge is -2.09. The number of pyridine rings is 3. The van der Waals surface area contributed by atoms with E-state index in [1.54, 1.807) is 38.2 Å². The van der Waals surface area contributed by atoms with Gasteiger partial charge in [-0.3, -0.25) is 15.0 Å². The molecule has 0 saturated carbocycles. The summed E-state index contributed by atoms with van der Waals surface area (Å²) in [6.45, 7) is 38.8. The largest absolute Gasteiger partial charge is 0.265 e. The number of nitrogens with zero attached hydrogens (tertiary/aromatic N) is 5. The summed E-state index contributed by atoms with van der Waals surface area (Å²) in [5.41, 5.74) is 8.47. The van der Waals surface area contributed by atoms with Gasteiger partial charge in [0.05, 0.1) is 0 Å². The molecule has 4 aromatic carbocycles. The third-order valence-electron chi connectivity index (χ3n) is 13.0. The quantitative estimate of drug-likeness (QED) is 0.106. The number of hydrogen-bond acceptors (Lipinski definition) is 6. The molecular formula is C75H94Cl4F5N5S. The van der Waals surface area contributed by atoms with E-state index in [0.29, 0.717) is 45.5 Å². The Morgan fingerprint density at radius 1 is 0.356 bits per heavy atom. The van der Waals surface area contributed by atoms with Gasteiger partial charge in [0, 0.05) is 68.8 Å². The summed E-state index contributed by atoms with van der Waals surface area (Å²) in [7, 11) is 0. The topological polar surface area (TPSA) is 64.5 Å². The summed E-state index contributed by atoms with van der Waals surface area (Å²) in [5, 5.41) is 4.52. The fourth-order valence-corrected chi connectivity index (χ4v) is 10.2. The lowest BCUT2D eigenvalue weighted by Crippen LogP contribution is -1.96. The molecule has 488 valence electrons. The zero-order valence-corrected chi connectivity index (χ0v) is 59.7. The number of halogens is 9. The monoisotopic (exact) mass is 1330 g/mol. The van der Waals surface area contributed by atoms with Crippen LogP contribution in [0.25, 0.3) is 0 Å². The molecule has 90 heavy (non-hydrogen) atoms. The average molecular weight is 1330 g/mol. The van der Waals surface area contributed by atoms with Crippen LogP contribution in [-0.2, 0) is 0 Å². The molecule has 0 saturated heterocycles. The zero-order chi connectivity index (χ0) is 68.2. The molecule has 0 atom stereocenters. The second-order valence-corrected chi connectivity index (χ2v) is 26.1. The average Bonchev–Trinajstić information content (AvgIpc) is 4.28. The maximum Gasteiger partial charge on any atom is 0.137 e. The summed E-state index contributed by atoms with van der Waals surface area (Å²) in [4.78, 5) is 21.0. The van der Waals surface area contributed by atoms with Gasteiger partial charge >= 0.3 is 0 Å². The predicted molar refractivity (Wildman–Crippen MR) is 376 cm³/mol. The van der Waals surface area contributed by atoms with Crippen LogP contribution in [0.5, 0.6) is 0 Å². The van der Waals surface area contributed by atoms with Crippen molar-refractivity contribution < 1.29 is 22.0 Å². The van der Waals surface area contributed by atoms with E-state index in [4.69, 9.17) is 46.4 Å². The highest BCUT2D eigenvalue weighted by Crippen LogP contribution is 2.31. The highest BCUT2D eigenvalue weighted by Gasteiger charge is 2.13. The van der Waals surface area contributed by atoms with Crippen LogP contribution in [0.1, 0.15) is 233 Å². The molecule has 0 aliphatic heterocycles. The van der Waals surface area contributed by atoms with Crippen molar-refractivity contribution >= 4 is 57.7 Å². The first-order valence-corrected chi connectivity index (χ1v) is 32.7. The first kappa shape index (κ1) is 81.9. The second-order valence-electron chi connectivity index (χ2n) is 23.6. The van der Waals surface area contributed by atoms with Crippen molar-refractivity contribution in [3.8, 4) is 0 Å². The van der Waals surface area contributed by atoms with Gasteiger partial charge in [0.25, 0.3) is 0 Å². The van der Waals surface area contributed by atoms with Crippen LogP contribution in [0, 0.1) is 36.0 Å². The maximum absolute atomic E-state index is 12.9. The van der Waals surface area contributed by atoms with Crippen LogP contribution < -0.4 is 0 Å². The van der Waals surface area contributed by atoms with E-state index in [9.17, 15) is 22.0 Å². The van der Waals surface area contributed by atoms with E-state index >= 15 is 0 Å². The molecule has 0 bridgehead atoms. The number of benzene rings is 4. The molecule has 0 unspecified atom stereocenters. The molecule has 9 rings (SSSR count). The van der Waals surface area contributed by atoms with Crippen LogP contribution >= 0.6 is 57.7 Å². The number of thiophene rings is 1. The molecule has 0 aliphatic rings. The van der Waals surface area contributed by atoms with Gasteiger partial charge in [-0.15, -0.1) is 11.3 Å². The maximum atomic E-state index is 12.9. The molecule has 5 nitrogen and oxygen atoms in total. The summed E-state index contributed by atoms with van der Waals surface area (Å²) in [5.74, 6) is 2.04. The van der Waals surface area contributed by atoms with Crippen molar-refractivity contribution in [1.29, 1.82) is 0 Å². The highest BCUT2D eigenvalue weighted by molar-refractivity contribution is 7.10. The van der Waals surface area contributed by atoms with Crippen molar-refractivity contribution in [2.24, 2.45) is 0 Å². The fraction of sp³-hybridized carbons (Fsp3) is 0.373. The summed E-state index contributed by atoms with van der Waals surface area (Å²) < 4.78 is 63.9. The molecule has 0 N–H and O–H groups in total. The number of aryl methyl sites for hydroxylation is 1. The molecule has 0 fully saturated rings. The van der Waals surface area contributed by atoms with Gasteiger partial charge in [-0.05, 0) is 166 Å². The van der Waals surface area contributed by atoms with E-state index in [1.807, 2.05) is 126 Å². The fourth-order valence-electron chi connectivity index (χ4n) is 7.84. The van der Waals surface area contributed by atoms with Crippen LogP contribution in [0.2, 0.25) is 20.4 Å². The minimum Gasteiger partial charge on any atom is -0.265 e. The summed E-state index contributed by atoms with van der Waals surface area (Å²) >= 11 is 25.3. The first-order chi connectivity index (χ1) is 42.3. The minimum absolute atomic E-state index is 0.0995. The predicted octanol–water partition coefficient (Wildman–Crippen LogP) is 25.9. The van der Waals surface area contributed by atoms with Crippen LogP contribution in [0.15, 0.2) is 170 Å². The Bertz CT molecular complexity index is 3090. The zero-order valence-electron chi connectivity index (χ0n) is 55.9. The molecule has 9 aromatic rings. The van der Waals surface area contributed by atoms with Gasteiger partial charge in [0.15, 0.2) is 0 Å². The molecule has 5 heterocycles. The third kappa shape index (κ3) is 32.3. The minimum atomic E-state index is -0.458. The van der Waals surface area contributed by atoms with Crippen molar-refractivity contribution in [2.75, 3.05) is 0 Å². The van der Waals surface area contributed by atoms with Gasteiger partial charge in [-0.2, -0.15) is 0 Å². The van der Waals surface area contributed by atoms with Gasteiger partial charge in [-0.25, -0.2) is 31.9 Å². The molecule has 0 aliphatic carbocycles. The van der Waals surface area contributed by atoms with Crippen LogP contribution in [0.4, 0.5) is 22.0 Å². The van der Waals surface area contributed by atoms with Crippen molar-refractivity contribution in [1.82, 2.24) is 24.9 Å². The van der Waals surface area contributed by atoms with Crippen LogP contribution in [-0.4, -0.2) is 24.9 Å². The van der Waals surface area contributed by atoms with Crippen molar-refractivity contribution in [3.05, 3.63) is 275 Å². The van der Waals surface area contributed by atoms with Crippen LogP contribution in [0.3, 0.4) is 0 Å². The number of aromatic nitrogens is 5. The van der Waals surface area contributed by atoms with Gasteiger partial charge < -0.3 is 0 Å².